The third-order valence-electron chi connectivity index (χ3n) is 3.13. The highest BCUT2D eigenvalue weighted by molar-refractivity contribution is 9.10. The summed E-state index contributed by atoms with van der Waals surface area (Å²) in [5, 5.41) is 3.42. The first-order valence-electron chi connectivity index (χ1n) is 6.92. The van der Waals surface area contributed by atoms with Crippen molar-refractivity contribution in [3.8, 4) is 5.75 Å². The largest absolute Gasteiger partial charge is 0.491 e. The van der Waals surface area contributed by atoms with Gasteiger partial charge in [0.1, 0.15) is 5.75 Å². The lowest BCUT2D eigenvalue weighted by Crippen LogP contribution is -2.09. The second-order valence-corrected chi connectivity index (χ2v) is 5.76. The Labute approximate surface area is 129 Å². The van der Waals surface area contributed by atoms with E-state index in [0.717, 1.165) is 28.9 Å². The van der Waals surface area contributed by atoms with E-state index in [4.69, 9.17) is 4.74 Å². The summed E-state index contributed by atoms with van der Waals surface area (Å²) in [6.07, 6.45) is 1.26. The van der Waals surface area contributed by atoms with Crippen molar-refractivity contribution < 1.29 is 4.74 Å². The molecule has 0 aliphatic heterocycles. The summed E-state index contributed by atoms with van der Waals surface area (Å²) in [6.45, 7) is 5.01. The molecule has 0 saturated heterocycles. The zero-order chi connectivity index (χ0) is 14.4. The summed E-state index contributed by atoms with van der Waals surface area (Å²) in [7, 11) is 0. The molecule has 0 aliphatic carbocycles. The van der Waals surface area contributed by atoms with Gasteiger partial charge < -0.3 is 10.1 Å². The molecule has 106 valence electrons. The van der Waals surface area contributed by atoms with Crippen LogP contribution in [0.2, 0.25) is 0 Å². The minimum atomic E-state index is 0.246. The van der Waals surface area contributed by atoms with Gasteiger partial charge in [-0.2, -0.15) is 0 Å². The normalized spacial score (nSPS) is 11.9. The van der Waals surface area contributed by atoms with Crippen molar-refractivity contribution in [3.63, 3.8) is 0 Å². The third kappa shape index (κ3) is 4.57. The van der Waals surface area contributed by atoms with E-state index in [1.165, 1.54) is 5.56 Å². The minimum Gasteiger partial charge on any atom is -0.491 e. The molecule has 2 rings (SSSR count). The zero-order valence-corrected chi connectivity index (χ0v) is 13.5. The van der Waals surface area contributed by atoms with E-state index >= 15 is 0 Å². The molecule has 0 aliphatic rings. The topological polar surface area (TPSA) is 21.3 Å². The second-order valence-electron chi connectivity index (χ2n) is 4.85. The Kier molecular flexibility index (Phi) is 5.48. The van der Waals surface area contributed by atoms with Crippen LogP contribution in [0.25, 0.3) is 0 Å². The van der Waals surface area contributed by atoms with Crippen molar-refractivity contribution in [1.82, 2.24) is 0 Å². The van der Waals surface area contributed by atoms with Gasteiger partial charge in [0.2, 0.25) is 0 Å². The van der Waals surface area contributed by atoms with Crippen LogP contribution in [0.5, 0.6) is 5.75 Å². The first kappa shape index (κ1) is 14.9. The van der Waals surface area contributed by atoms with Crippen molar-refractivity contribution in [2.24, 2.45) is 0 Å². The van der Waals surface area contributed by atoms with Crippen LogP contribution in [0.4, 0.5) is 5.69 Å². The van der Waals surface area contributed by atoms with Gasteiger partial charge in [0.25, 0.3) is 0 Å². The van der Waals surface area contributed by atoms with E-state index in [1.54, 1.807) is 0 Å². The predicted molar refractivity (Wildman–Crippen MR) is 88.3 cm³/mol. The Morgan fingerprint density at radius 2 is 1.95 bits per heavy atom. The van der Waals surface area contributed by atoms with Crippen molar-refractivity contribution in [3.05, 3.63) is 58.6 Å². The summed E-state index contributed by atoms with van der Waals surface area (Å²) in [5.74, 6) is 0.915. The van der Waals surface area contributed by atoms with Crippen molar-refractivity contribution in [2.45, 2.75) is 32.9 Å². The van der Waals surface area contributed by atoms with Crippen molar-refractivity contribution in [2.75, 3.05) is 5.32 Å². The third-order valence-corrected chi connectivity index (χ3v) is 3.63. The number of rotatable bonds is 6. The maximum Gasteiger partial charge on any atom is 0.121 e. The van der Waals surface area contributed by atoms with E-state index in [9.17, 15) is 0 Å². The van der Waals surface area contributed by atoms with Crippen molar-refractivity contribution in [1.29, 1.82) is 0 Å². The number of benzene rings is 2. The van der Waals surface area contributed by atoms with Crippen molar-refractivity contribution >= 4 is 21.6 Å². The van der Waals surface area contributed by atoms with Crippen LogP contribution >= 0.6 is 15.9 Å². The Morgan fingerprint density at radius 3 is 2.70 bits per heavy atom. The summed E-state index contributed by atoms with van der Waals surface area (Å²) in [4.78, 5) is 0. The van der Waals surface area contributed by atoms with Crippen LogP contribution in [0.3, 0.4) is 0 Å². The molecule has 2 aromatic carbocycles. The molecule has 0 radical (unpaired) electrons. The fraction of sp³-hybridized carbons (Fsp3) is 0.294. The van der Waals surface area contributed by atoms with E-state index in [2.05, 4.69) is 53.3 Å². The van der Waals surface area contributed by atoms with Gasteiger partial charge in [-0.05, 0) is 43.2 Å². The van der Waals surface area contributed by atoms with Gasteiger partial charge in [-0.15, -0.1) is 0 Å². The van der Waals surface area contributed by atoms with E-state index in [1.807, 2.05) is 30.3 Å². The summed E-state index contributed by atoms with van der Waals surface area (Å²) >= 11 is 3.49. The number of anilines is 1. The molecule has 20 heavy (non-hydrogen) atoms. The average molecular weight is 334 g/mol. The fourth-order valence-electron chi connectivity index (χ4n) is 1.85. The summed E-state index contributed by atoms with van der Waals surface area (Å²) in [5.41, 5.74) is 2.32. The van der Waals surface area contributed by atoms with E-state index < -0.39 is 0 Å². The van der Waals surface area contributed by atoms with Gasteiger partial charge in [-0.25, -0.2) is 0 Å². The Hall–Kier alpha value is -1.48. The van der Waals surface area contributed by atoms with Crippen LogP contribution in [0, 0.1) is 0 Å². The maximum atomic E-state index is 5.83. The quantitative estimate of drug-likeness (QED) is 0.780. The molecular weight excluding hydrogens is 314 g/mol. The molecule has 2 nitrogen and oxygen atoms in total. The number of hydrogen-bond acceptors (Lipinski definition) is 2. The highest BCUT2D eigenvalue weighted by Gasteiger charge is 2.02. The van der Waals surface area contributed by atoms with Gasteiger partial charge in [-0.1, -0.05) is 41.1 Å². The van der Waals surface area contributed by atoms with Crippen LogP contribution < -0.4 is 10.1 Å². The first-order valence-corrected chi connectivity index (χ1v) is 7.71. The van der Waals surface area contributed by atoms with Crippen LogP contribution in [0.15, 0.2) is 53.0 Å². The van der Waals surface area contributed by atoms with Gasteiger partial charge in [0, 0.05) is 22.8 Å². The number of nitrogens with one attached hydrogen (secondary N) is 1. The Bertz CT molecular complexity index is 556. The first-order chi connectivity index (χ1) is 9.67. The molecule has 0 heterocycles. The molecule has 1 atom stereocenters. The molecule has 0 spiro atoms. The van der Waals surface area contributed by atoms with Gasteiger partial charge in [0.15, 0.2) is 0 Å². The predicted octanol–water partition coefficient (Wildman–Crippen LogP) is 5.24. The molecule has 0 aromatic heterocycles. The lowest BCUT2D eigenvalue weighted by molar-refractivity contribution is 0.217. The number of ether oxygens (including phenoxy) is 1. The van der Waals surface area contributed by atoms with Crippen LogP contribution in [-0.2, 0) is 6.54 Å². The monoisotopic (exact) mass is 333 g/mol. The highest BCUT2D eigenvalue weighted by atomic mass is 79.9. The average Bonchev–Trinajstić information content (AvgIpc) is 2.45. The molecule has 0 saturated carbocycles. The fourth-order valence-corrected chi connectivity index (χ4v) is 2.29. The molecule has 3 heteroatoms. The summed E-state index contributed by atoms with van der Waals surface area (Å²) < 4.78 is 6.93. The van der Waals surface area contributed by atoms with E-state index in [0.29, 0.717) is 0 Å². The van der Waals surface area contributed by atoms with Crippen LogP contribution in [0.1, 0.15) is 25.8 Å². The SMILES string of the molecule is CCC(C)Oc1cccc(NCc2cccc(Br)c2)c1. The smallest absolute Gasteiger partial charge is 0.121 e. The van der Waals surface area contributed by atoms with Gasteiger partial charge in [-0.3, -0.25) is 0 Å². The molecule has 2 aromatic rings. The molecule has 1 unspecified atom stereocenters. The highest BCUT2D eigenvalue weighted by Crippen LogP contribution is 2.20. The zero-order valence-electron chi connectivity index (χ0n) is 11.9. The standard InChI is InChI=1S/C17H20BrNO/c1-3-13(2)20-17-9-5-8-16(11-17)19-12-14-6-4-7-15(18)10-14/h4-11,13,19H,3,12H2,1-2H3. The Balaban J connectivity index is 1.97. The molecule has 0 amide bonds. The van der Waals surface area contributed by atoms with Gasteiger partial charge in [0.05, 0.1) is 6.10 Å². The van der Waals surface area contributed by atoms with Gasteiger partial charge >= 0.3 is 0 Å². The minimum absolute atomic E-state index is 0.246. The Morgan fingerprint density at radius 1 is 1.15 bits per heavy atom. The molecule has 1 N–H and O–H groups in total. The molecular formula is C17H20BrNO. The lowest BCUT2D eigenvalue weighted by Gasteiger charge is -2.14. The lowest BCUT2D eigenvalue weighted by atomic mass is 10.2. The summed E-state index contributed by atoms with van der Waals surface area (Å²) in [6, 6.07) is 16.4. The second kappa shape index (κ2) is 7.34. The van der Waals surface area contributed by atoms with Crippen LogP contribution in [-0.4, -0.2) is 6.10 Å². The maximum absolute atomic E-state index is 5.83. The number of hydrogen-bond donors (Lipinski definition) is 1. The van der Waals surface area contributed by atoms with E-state index in [-0.39, 0.29) is 6.10 Å². The molecule has 0 bridgehead atoms. The number of halogens is 1. The molecule has 0 fully saturated rings.